The molecule has 0 bridgehead atoms. The van der Waals surface area contributed by atoms with Crippen molar-refractivity contribution in [2.45, 2.75) is 26.3 Å². The fourth-order valence-corrected chi connectivity index (χ4v) is 1.75. The van der Waals surface area contributed by atoms with E-state index in [-0.39, 0.29) is 17.3 Å². The van der Waals surface area contributed by atoms with Crippen LogP contribution in [0.4, 0.5) is 10.7 Å². The Morgan fingerprint density at radius 2 is 2.25 bits per heavy atom. The van der Waals surface area contributed by atoms with Gasteiger partial charge < -0.3 is 4.74 Å². The van der Waals surface area contributed by atoms with Gasteiger partial charge in [-0.05, 0) is 24.9 Å². The molecule has 6 nitrogen and oxygen atoms in total. The van der Waals surface area contributed by atoms with E-state index in [1.165, 1.54) is 4.90 Å². The molecule has 1 amide bonds. The van der Waals surface area contributed by atoms with Gasteiger partial charge in [-0.2, -0.15) is 9.97 Å². The molecule has 0 aliphatic carbocycles. The minimum absolute atomic E-state index is 0.0367. The van der Waals surface area contributed by atoms with E-state index in [1.807, 2.05) is 6.92 Å². The highest BCUT2D eigenvalue weighted by molar-refractivity contribution is 6.28. The molecule has 1 aromatic heterocycles. The van der Waals surface area contributed by atoms with Crippen molar-refractivity contribution in [2.24, 2.45) is 0 Å². The number of hydrogen-bond donors (Lipinski definition) is 0. The molecule has 0 unspecified atom stereocenters. The second-order valence-electron chi connectivity index (χ2n) is 3.46. The van der Waals surface area contributed by atoms with E-state index in [9.17, 15) is 4.79 Å². The van der Waals surface area contributed by atoms with E-state index in [4.69, 9.17) is 16.3 Å². The van der Waals surface area contributed by atoms with Crippen LogP contribution in [0.15, 0.2) is 0 Å². The van der Waals surface area contributed by atoms with Gasteiger partial charge in [0.05, 0.1) is 6.04 Å². The third-order valence-electron chi connectivity index (χ3n) is 2.36. The molecule has 86 valence electrons. The number of anilines is 1. The molecular formula is C9H11ClN4O2. The van der Waals surface area contributed by atoms with Crippen LogP contribution in [0.25, 0.3) is 0 Å². The van der Waals surface area contributed by atoms with Gasteiger partial charge in [-0.3, -0.25) is 0 Å². The number of aromatic nitrogens is 3. The van der Waals surface area contributed by atoms with Crippen molar-refractivity contribution >= 4 is 23.6 Å². The lowest BCUT2D eigenvalue weighted by Crippen LogP contribution is -2.34. The van der Waals surface area contributed by atoms with Gasteiger partial charge >= 0.3 is 6.09 Å². The highest BCUT2D eigenvalue weighted by atomic mass is 35.5. The molecule has 1 aromatic rings. The van der Waals surface area contributed by atoms with Gasteiger partial charge in [0.1, 0.15) is 12.4 Å². The molecule has 7 heteroatoms. The smallest absolute Gasteiger partial charge is 0.417 e. The Kier molecular flexibility index (Phi) is 2.91. The first-order valence-corrected chi connectivity index (χ1v) is 5.33. The summed E-state index contributed by atoms with van der Waals surface area (Å²) >= 11 is 5.73. The quantitative estimate of drug-likeness (QED) is 0.787. The lowest BCUT2D eigenvalue weighted by Gasteiger charge is -2.17. The average Bonchev–Trinajstić information content (AvgIpc) is 2.58. The van der Waals surface area contributed by atoms with Crippen molar-refractivity contribution in [3.8, 4) is 0 Å². The molecule has 16 heavy (non-hydrogen) atoms. The van der Waals surface area contributed by atoms with Gasteiger partial charge in [0.2, 0.25) is 11.2 Å². The van der Waals surface area contributed by atoms with E-state index in [2.05, 4.69) is 15.0 Å². The average molecular weight is 243 g/mol. The van der Waals surface area contributed by atoms with Gasteiger partial charge in [-0.25, -0.2) is 14.7 Å². The summed E-state index contributed by atoms with van der Waals surface area (Å²) in [6, 6.07) is -0.0367. The monoisotopic (exact) mass is 242 g/mol. The second-order valence-corrected chi connectivity index (χ2v) is 3.80. The van der Waals surface area contributed by atoms with E-state index < -0.39 is 6.09 Å². The van der Waals surface area contributed by atoms with Gasteiger partial charge in [-0.1, -0.05) is 6.92 Å². The molecule has 2 heterocycles. The number of nitrogens with zero attached hydrogens (tertiary/aromatic N) is 4. The zero-order valence-electron chi connectivity index (χ0n) is 8.97. The normalized spacial score (nSPS) is 20.1. The van der Waals surface area contributed by atoms with Crippen molar-refractivity contribution in [2.75, 3.05) is 11.5 Å². The lowest BCUT2D eigenvalue weighted by atomic mass is 10.2. The number of halogens is 1. The minimum Gasteiger partial charge on any atom is -0.447 e. The maximum absolute atomic E-state index is 11.5. The fourth-order valence-electron chi connectivity index (χ4n) is 1.55. The zero-order valence-corrected chi connectivity index (χ0v) is 9.73. The molecule has 0 radical (unpaired) electrons. The predicted octanol–water partition coefficient (Wildman–Crippen LogP) is 1.57. The van der Waals surface area contributed by atoms with E-state index >= 15 is 0 Å². The molecule has 0 N–H and O–H groups in total. The van der Waals surface area contributed by atoms with E-state index in [1.54, 1.807) is 6.92 Å². The number of cyclic esters (lactones) is 1. The minimum atomic E-state index is -0.437. The summed E-state index contributed by atoms with van der Waals surface area (Å²) in [6.07, 6.45) is 0.335. The largest absolute Gasteiger partial charge is 0.447 e. The van der Waals surface area contributed by atoms with Crippen LogP contribution in [0.5, 0.6) is 0 Å². The van der Waals surface area contributed by atoms with Crippen LogP contribution in [0.2, 0.25) is 5.28 Å². The molecule has 0 spiro atoms. The first kappa shape index (κ1) is 11.1. The molecule has 1 aliphatic rings. The van der Waals surface area contributed by atoms with Crippen LogP contribution in [0.3, 0.4) is 0 Å². The van der Waals surface area contributed by atoms with Crippen LogP contribution >= 0.6 is 11.6 Å². The third-order valence-corrected chi connectivity index (χ3v) is 2.52. The standard InChI is InChI=1S/C9H11ClN4O2/c1-3-6-4-16-9(15)14(6)8-12-5(2)11-7(10)13-8/h6H,3-4H2,1-2H3/t6-/m0/s1. The topological polar surface area (TPSA) is 68.2 Å². The van der Waals surface area contributed by atoms with Gasteiger partial charge in [0.25, 0.3) is 0 Å². The molecule has 1 saturated heterocycles. The Morgan fingerprint density at radius 3 is 2.88 bits per heavy atom. The van der Waals surface area contributed by atoms with Gasteiger partial charge in [0.15, 0.2) is 0 Å². The molecule has 0 aromatic carbocycles. The summed E-state index contributed by atoms with van der Waals surface area (Å²) in [5.74, 6) is 0.733. The zero-order chi connectivity index (χ0) is 11.7. The molecule has 2 rings (SSSR count). The summed E-state index contributed by atoms with van der Waals surface area (Å²) in [5, 5.41) is 0.0806. The molecule has 1 fully saturated rings. The summed E-state index contributed by atoms with van der Waals surface area (Å²) in [6.45, 7) is 4.02. The van der Waals surface area contributed by atoms with Crippen molar-refractivity contribution in [3.05, 3.63) is 11.1 Å². The Labute approximate surface area is 97.6 Å². The summed E-state index contributed by atoms with van der Waals surface area (Å²) in [5.41, 5.74) is 0. The summed E-state index contributed by atoms with van der Waals surface area (Å²) < 4.78 is 4.95. The van der Waals surface area contributed by atoms with Gasteiger partial charge in [0, 0.05) is 0 Å². The van der Waals surface area contributed by atoms with Crippen molar-refractivity contribution in [3.63, 3.8) is 0 Å². The molecular weight excluding hydrogens is 232 g/mol. The Morgan fingerprint density at radius 1 is 1.50 bits per heavy atom. The number of aryl methyl sites for hydroxylation is 1. The number of hydrogen-bond acceptors (Lipinski definition) is 5. The van der Waals surface area contributed by atoms with Crippen molar-refractivity contribution < 1.29 is 9.53 Å². The van der Waals surface area contributed by atoms with E-state index in [0.717, 1.165) is 6.42 Å². The first-order valence-electron chi connectivity index (χ1n) is 4.96. The Bertz CT molecular complexity index is 406. The highest BCUT2D eigenvalue weighted by Crippen LogP contribution is 2.21. The van der Waals surface area contributed by atoms with Crippen LogP contribution < -0.4 is 4.90 Å². The fraction of sp³-hybridized carbons (Fsp3) is 0.556. The summed E-state index contributed by atoms with van der Waals surface area (Å²) in [7, 11) is 0. The maximum Gasteiger partial charge on any atom is 0.417 e. The Balaban J connectivity index is 2.38. The second kappa shape index (κ2) is 4.21. The highest BCUT2D eigenvalue weighted by Gasteiger charge is 2.35. The van der Waals surface area contributed by atoms with Crippen LogP contribution in [-0.2, 0) is 4.74 Å². The van der Waals surface area contributed by atoms with Crippen LogP contribution in [-0.4, -0.2) is 33.7 Å². The van der Waals surface area contributed by atoms with Crippen molar-refractivity contribution in [1.82, 2.24) is 15.0 Å². The predicted molar refractivity (Wildman–Crippen MR) is 57.5 cm³/mol. The number of amides is 1. The molecule has 0 saturated carbocycles. The van der Waals surface area contributed by atoms with E-state index in [0.29, 0.717) is 12.4 Å². The number of ether oxygens (including phenoxy) is 1. The first-order chi connectivity index (χ1) is 7.61. The third kappa shape index (κ3) is 1.92. The summed E-state index contributed by atoms with van der Waals surface area (Å²) in [4.78, 5) is 24.8. The number of carbonyl (C=O) groups excluding carboxylic acids is 1. The van der Waals surface area contributed by atoms with Crippen LogP contribution in [0.1, 0.15) is 19.2 Å². The Hall–Kier alpha value is -1.43. The maximum atomic E-state index is 11.5. The molecule has 1 atom stereocenters. The van der Waals surface area contributed by atoms with Gasteiger partial charge in [-0.15, -0.1) is 0 Å². The SMILES string of the molecule is CC[C@H]1COC(=O)N1c1nc(C)nc(Cl)n1. The number of rotatable bonds is 2. The van der Waals surface area contributed by atoms with Crippen LogP contribution in [0, 0.1) is 6.92 Å². The van der Waals surface area contributed by atoms with Crippen molar-refractivity contribution in [1.29, 1.82) is 0 Å². The lowest BCUT2D eigenvalue weighted by molar-refractivity contribution is 0.178. The molecule has 1 aliphatic heterocycles. The number of carbonyl (C=O) groups is 1.